The Balaban J connectivity index is 1.50. The van der Waals surface area contributed by atoms with E-state index >= 15 is 0 Å². The van der Waals surface area contributed by atoms with Crippen molar-refractivity contribution in [3.05, 3.63) is 41.6 Å². The third-order valence-corrected chi connectivity index (χ3v) is 4.20. The van der Waals surface area contributed by atoms with E-state index in [-0.39, 0.29) is 11.9 Å². The van der Waals surface area contributed by atoms with Crippen LogP contribution < -0.4 is 5.32 Å². The second-order valence-electron chi connectivity index (χ2n) is 6.31. The molecule has 1 atom stereocenters. The number of carbonyl (C=O) groups excluding carboxylic acids is 1. The van der Waals surface area contributed by atoms with E-state index in [0.29, 0.717) is 12.3 Å². The van der Waals surface area contributed by atoms with Crippen molar-refractivity contribution in [2.45, 2.75) is 39.3 Å². The fourth-order valence-electron chi connectivity index (χ4n) is 2.84. The normalized spacial score (nSPS) is 16.6. The zero-order chi connectivity index (χ0) is 16.2. The van der Waals surface area contributed by atoms with E-state index in [1.54, 1.807) is 6.07 Å². The number of rotatable bonds is 6. The average Bonchev–Trinajstić information content (AvgIpc) is 3.27. The van der Waals surface area contributed by atoms with Gasteiger partial charge in [-0.1, -0.05) is 0 Å². The molecule has 0 radical (unpaired) electrons. The molecule has 0 aliphatic carbocycles. The van der Waals surface area contributed by atoms with Gasteiger partial charge in [0.05, 0.1) is 18.8 Å². The van der Waals surface area contributed by atoms with Crippen molar-refractivity contribution in [3.63, 3.8) is 0 Å². The molecule has 1 amide bonds. The molecule has 0 unspecified atom stereocenters. The Morgan fingerprint density at radius 2 is 2.17 bits per heavy atom. The maximum atomic E-state index is 12.2. The third kappa shape index (κ3) is 4.01. The van der Waals surface area contributed by atoms with Crippen molar-refractivity contribution in [2.75, 3.05) is 19.6 Å². The van der Waals surface area contributed by atoms with Gasteiger partial charge in [0.25, 0.3) is 5.91 Å². The Kier molecular flexibility index (Phi) is 4.81. The van der Waals surface area contributed by atoms with Gasteiger partial charge in [-0.3, -0.25) is 14.4 Å². The monoisotopic (exact) mass is 316 g/mol. The Morgan fingerprint density at radius 1 is 1.39 bits per heavy atom. The molecule has 0 spiro atoms. The molecule has 6 nitrogen and oxygen atoms in total. The molecule has 3 rings (SSSR count). The van der Waals surface area contributed by atoms with Gasteiger partial charge in [0, 0.05) is 12.7 Å². The summed E-state index contributed by atoms with van der Waals surface area (Å²) < 4.78 is 7.53. The van der Waals surface area contributed by atoms with Crippen molar-refractivity contribution >= 4 is 5.91 Å². The van der Waals surface area contributed by atoms with Gasteiger partial charge < -0.3 is 9.73 Å². The first-order chi connectivity index (χ1) is 11.1. The predicted octanol–water partition coefficient (Wildman–Crippen LogP) is 2.37. The van der Waals surface area contributed by atoms with Crippen LogP contribution in [0.1, 0.15) is 47.7 Å². The van der Waals surface area contributed by atoms with Crippen molar-refractivity contribution in [1.29, 1.82) is 0 Å². The van der Waals surface area contributed by atoms with Gasteiger partial charge in [0.15, 0.2) is 5.76 Å². The van der Waals surface area contributed by atoms with Crippen LogP contribution in [-0.2, 0) is 6.54 Å². The van der Waals surface area contributed by atoms with Crippen LogP contribution in [0.4, 0.5) is 0 Å². The fraction of sp³-hybridized carbons (Fsp3) is 0.529. The number of nitrogens with zero attached hydrogens (tertiary/aromatic N) is 3. The summed E-state index contributed by atoms with van der Waals surface area (Å²) in [6, 6.07) is 3.75. The van der Waals surface area contributed by atoms with Gasteiger partial charge in [-0.2, -0.15) is 5.10 Å². The number of aryl methyl sites for hydroxylation is 1. The Bertz CT molecular complexity index is 655. The lowest BCUT2D eigenvalue weighted by molar-refractivity contribution is 0.0916. The summed E-state index contributed by atoms with van der Waals surface area (Å²) in [4.78, 5) is 14.5. The molecule has 0 bridgehead atoms. The van der Waals surface area contributed by atoms with Crippen LogP contribution in [-0.4, -0.2) is 40.2 Å². The summed E-state index contributed by atoms with van der Waals surface area (Å²) in [5.74, 6) is 1.06. The fourth-order valence-corrected chi connectivity index (χ4v) is 2.84. The van der Waals surface area contributed by atoms with Gasteiger partial charge in [0.1, 0.15) is 5.76 Å². The first-order valence-electron chi connectivity index (χ1n) is 8.22. The highest BCUT2D eigenvalue weighted by Gasteiger charge is 2.16. The zero-order valence-electron chi connectivity index (χ0n) is 13.8. The molecule has 3 heterocycles. The van der Waals surface area contributed by atoms with E-state index in [1.165, 1.54) is 12.8 Å². The van der Waals surface area contributed by atoms with E-state index < -0.39 is 0 Å². The van der Waals surface area contributed by atoms with Gasteiger partial charge in [-0.05, 0) is 57.5 Å². The van der Waals surface area contributed by atoms with Crippen LogP contribution >= 0.6 is 0 Å². The van der Waals surface area contributed by atoms with E-state index in [9.17, 15) is 4.79 Å². The smallest absolute Gasteiger partial charge is 0.287 e. The van der Waals surface area contributed by atoms with Crippen molar-refractivity contribution in [1.82, 2.24) is 20.0 Å². The summed E-state index contributed by atoms with van der Waals surface area (Å²) >= 11 is 0. The molecule has 2 aromatic heterocycles. The van der Waals surface area contributed by atoms with Crippen molar-refractivity contribution < 1.29 is 9.21 Å². The molecule has 1 aliphatic heterocycles. The van der Waals surface area contributed by atoms with Crippen LogP contribution in [0.3, 0.4) is 0 Å². The summed E-state index contributed by atoms with van der Waals surface area (Å²) in [6.07, 6.45) is 6.28. The lowest BCUT2D eigenvalue weighted by Gasteiger charge is -2.13. The molecule has 1 saturated heterocycles. The maximum absolute atomic E-state index is 12.2. The molecule has 6 heteroatoms. The topological polar surface area (TPSA) is 63.3 Å². The largest absolute Gasteiger partial charge is 0.455 e. The third-order valence-electron chi connectivity index (χ3n) is 4.20. The average molecular weight is 316 g/mol. The number of hydrogen-bond donors (Lipinski definition) is 1. The minimum atomic E-state index is -0.173. The number of aromatic nitrogens is 2. The summed E-state index contributed by atoms with van der Waals surface area (Å²) in [5.41, 5.74) is 1.11. The summed E-state index contributed by atoms with van der Waals surface area (Å²) in [5, 5.41) is 7.17. The summed E-state index contributed by atoms with van der Waals surface area (Å²) in [6.45, 7) is 7.55. The summed E-state index contributed by atoms with van der Waals surface area (Å²) in [7, 11) is 0. The highest BCUT2D eigenvalue weighted by Crippen LogP contribution is 2.15. The molecule has 2 aromatic rings. The zero-order valence-corrected chi connectivity index (χ0v) is 13.8. The molecule has 0 aromatic carbocycles. The minimum Gasteiger partial charge on any atom is -0.455 e. The lowest BCUT2D eigenvalue weighted by Crippen LogP contribution is -2.29. The molecule has 124 valence electrons. The number of carbonyl (C=O) groups is 1. The SMILES string of the molecule is Cc1cnn([C@H](C)CNC(=O)c2ccc(CN3CCCC3)o2)c1. The van der Waals surface area contributed by atoms with E-state index in [4.69, 9.17) is 4.42 Å². The lowest BCUT2D eigenvalue weighted by atomic mass is 10.3. The van der Waals surface area contributed by atoms with E-state index in [2.05, 4.69) is 15.3 Å². The highest BCUT2D eigenvalue weighted by molar-refractivity contribution is 5.91. The van der Waals surface area contributed by atoms with E-state index in [0.717, 1.165) is 31.0 Å². The minimum absolute atomic E-state index is 0.103. The molecule has 1 fully saturated rings. The number of amides is 1. The van der Waals surface area contributed by atoms with Crippen molar-refractivity contribution in [3.8, 4) is 0 Å². The molecular weight excluding hydrogens is 292 g/mol. The maximum Gasteiger partial charge on any atom is 0.287 e. The van der Waals surface area contributed by atoms with Gasteiger partial charge in [-0.15, -0.1) is 0 Å². The number of hydrogen-bond acceptors (Lipinski definition) is 4. The standard InChI is InChI=1S/C17H24N4O2/c1-13-9-19-21(11-13)14(2)10-18-17(22)16-6-5-15(23-16)12-20-7-3-4-8-20/h5-6,9,11,14H,3-4,7-8,10,12H2,1-2H3,(H,18,22)/t14-/m1/s1. The molecule has 1 N–H and O–H groups in total. The highest BCUT2D eigenvalue weighted by atomic mass is 16.4. The van der Waals surface area contributed by atoms with Gasteiger partial charge in [-0.25, -0.2) is 0 Å². The first kappa shape index (κ1) is 15.8. The van der Waals surface area contributed by atoms with Crippen molar-refractivity contribution in [2.24, 2.45) is 0 Å². The molecule has 0 saturated carbocycles. The number of likely N-dealkylation sites (tertiary alicyclic amines) is 1. The second kappa shape index (κ2) is 7.00. The second-order valence-corrected chi connectivity index (χ2v) is 6.31. The Hall–Kier alpha value is -2.08. The quantitative estimate of drug-likeness (QED) is 0.889. The van der Waals surface area contributed by atoms with Crippen LogP contribution in [0.2, 0.25) is 0 Å². The molecular formula is C17H24N4O2. The van der Waals surface area contributed by atoms with Crippen LogP contribution in [0, 0.1) is 6.92 Å². The molecule has 23 heavy (non-hydrogen) atoms. The predicted molar refractivity (Wildman–Crippen MR) is 87.2 cm³/mol. The van der Waals surface area contributed by atoms with Gasteiger partial charge in [0.2, 0.25) is 0 Å². The molecule has 1 aliphatic rings. The number of nitrogens with one attached hydrogen (secondary N) is 1. The Labute approximate surface area is 136 Å². The first-order valence-corrected chi connectivity index (χ1v) is 8.22. The van der Waals surface area contributed by atoms with Crippen LogP contribution in [0.5, 0.6) is 0 Å². The van der Waals surface area contributed by atoms with Gasteiger partial charge >= 0.3 is 0 Å². The number of furan rings is 1. The van der Waals surface area contributed by atoms with E-state index in [1.807, 2.05) is 37.0 Å². The Morgan fingerprint density at radius 3 is 2.87 bits per heavy atom. The van der Waals surface area contributed by atoms with Crippen LogP contribution in [0.25, 0.3) is 0 Å². The van der Waals surface area contributed by atoms with Crippen LogP contribution in [0.15, 0.2) is 28.9 Å².